The summed E-state index contributed by atoms with van der Waals surface area (Å²) in [7, 11) is 3.05. The van der Waals surface area contributed by atoms with Crippen molar-refractivity contribution in [2.45, 2.75) is 45.6 Å². The summed E-state index contributed by atoms with van der Waals surface area (Å²) >= 11 is 0. The first kappa shape index (κ1) is 25.9. The number of methoxy groups -OCH3 is 2. The third-order valence-electron chi connectivity index (χ3n) is 5.52. The van der Waals surface area contributed by atoms with E-state index in [2.05, 4.69) is 0 Å². The third kappa shape index (κ3) is 6.44. The number of hydrogen-bond donors (Lipinski definition) is 0. The molecular formula is C26H30O9. The standard InChI is InChI=1S/C26H30O9/c1-15(27)32-10-6-7-18-11-20-21(14-33-16(2)28)25(35-26(20)24(12-18)31-5)19-8-9-22(34-17(3)29)23(13-19)30-4/h8-9,11-13,21,25H,6-7,10,14H2,1-5H3/t21-,25-/m1/s1. The van der Waals surface area contributed by atoms with E-state index in [4.69, 9.17) is 28.4 Å². The molecule has 0 saturated heterocycles. The molecule has 0 spiro atoms. The highest BCUT2D eigenvalue weighted by atomic mass is 16.6. The summed E-state index contributed by atoms with van der Waals surface area (Å²) in [5, 5.41) is 0. The van der Waals surface area contributed by atoms with E-state index in [1.54, 1.807) is 25.3 Å². The molecule has 9 heteroatoms. The Kier molecular flexibility index (Phi) is 8.57. The summed E-state index contributed by atoms with van der Waals surface area (Å²) in [6.07, 6.45) is 0.803. The largest absolute Gasteiger partial charge is 0.493 e. The number of carbonyl (C=O) groups is 3. The minimum atomic E-state index is -0.505. The second-order valence-electron chi connectivity index (χ2n) is 8.11. The second kappa shape index (κ2) is 11.6. The van der Waals surface area contributed by atoms with Crippen LogP contribution in [0.2, 0.25) is 0 Å². The molecule has 0 radical (unpaired) electrons. The number of benzene rings is 2. The average molecular weight is 487 g/mol. The van der Waals surface area contributed by atoms with E-state index in [0.29, 0.717) is 42.4 Å². The monoisotopic (exact) mass is 486 g/mol. The summed E-state index contributed by atoms with van der Waals surface area (Å²) in [5.74, 6) is 0.309. The molecule has 0 amide bonds. The van der Waals surface area contributed by atoms with Crippen molar-refractivity contribution >= 4 is 17.9 Å². The van der Waals surface area contributed by atoms with Crippen LogP contribution in [-0.4, -0.2) is 45.3 Å². The Bertz CT molecular complexity index is 1090. The number of hydrogen-bond acceptors (Lipinski definition) is 9. The van der Waals surface area contributed by atoms with Gasteiger partial charge in [-0.05, 0) is 42.2 Å². The Morgan fingerprint density at radius 2 is 1.57 bits per heavy atom. The maximum absolute atomic E-state index is 11.6. The van der Waals surface area contributed by atoms with E-state index in [1.165, 1.54) is 27.9 Å². The molecule has 188 valence electrons. The molecule has 3 rings (SSSR count). The van der Waals surface area contributed by atoms with Gasteiger partial charge in [-0.15, -0.1) is 0 Å². The van der Waals surface area contributed by atoms with Gasteiger partial charge in [0.1, 0.15) is 12.7 Å². The van der Waals surface area contributed by atoms with Crippen molar-refractivity contribution in [1.29, 1.82) is 0 Å². The van der Waals surface area contributed by atoms with E-state index in [-0.39, 0.29) is 18.5 Å². The first-order valence-corrected chi connectivity index (χ1v) is 11.2. The Labute approximate surface area is 204 Å². The van der Waals surface area contributed by atoms with Crippen LogP contribution in [0.3, 0.4) is 0 Å². The summed E-state index contributed by atoms with van der Waals surface area (Å²) < 4.78 is 33.0. The quantitative estimate of drug-likeness (QED) is 0.281. The van der Waals surface area contributed by atoms with Gasteiger partial charge in [0, 0.05) is 26.3 Å². The van der Waals surface area contributed by atoms with Gasteiger partial charge in [-0.3, -0.25) is 14.4 Å². The lowest BCUT2D eigenvalue weighted by Crippen LogP contribution is -2.17. The van der Waals surface area contributed by atoms with Crippen molar-refractivity contribution in [3.63, 3.8) is 0 Å². The van der Waals surface area contributed by atoms with Crippen molar-refractivity contribution in [2.24, 2.45) is 0 Å². The zero-order valence-electron chi connectivity index (χ0n) is 20.5. The van der Waals surface area contributed by atoms with E-state index in [0.717, 1.165) is 16.7 Å². The predicted molar refractivity (Wildman–Crippen MR) is 125 cm³/mol. The molecule has 0 fully saturated rings. The van der Waals surface area contributed by atoms with E-state index in [9.17, 15) is 14.4 Å². The molecule has 0 unspecified atom stereocenters. The topological polar surface area (TPSA) is 107 Å². The first-order chi connectivity index (χ1) is 16.7. The van der Waals surface area contributed by atoms with Crippen LogP contribution in [0.4, 0.5) is 0 Å². The summed E-state index contributed by atoms with van der Waals surface area (Å²) in [6, 6.07) is 9.06. The van der Waals surface area contributed by atoms with Crippen molar-refractivity contribution < 1.29 is 42.8 Å². The third-order valence-corrected chi connectivity index (χ3v) is 5.52. The molecule has 1 heterocycles. The number of aryl methyl sites for hydroxylation is 1. The highest BCUT2D eigenvalue weighted by molar-refractivity contribution is 5.70. The Morgan fingerprint density at radius 3 is 2.20 bits per heavy atom. The second-order valence-corrected chi connectivity index (χ2v) is 8.11. The maximum atomic E-state index is 11.6. The Balaban J connectivity index is 1.95. The van der Waals surface area contributed by atoms with Gasteiger partial charge in [-0.2, -0.15) is 0 Å². The number of ether oxygens (including phenoxy) is 6. The first-order valence-electron chi connectivity index (χ1n) is 11.2. The normalized spacial score (nSPS) is 16.0. The Morgan fingerprint density at radius 1 is 0.857 bits per heavy atom. The number of rotatable bonds is 10. The minimum Gasteiger partial charge on any atom is -0.493 e. The summed E-state index contributed by atoms with van der Waals surface area (Å²) in [6.45, 7) is 4.47. The minimum absolute atomic E-state index is 0.0983. The van der Waals surface area contributed by atoms with Crippen molar-refractivity contribution in [2.75, 3.05) is 27.4 Å². The fraction of sp³-hybridized carbons (Fsp3) is 0.423. The van der Waals surface area contributed by atoms with Crippen molar-refractivity contribution in [3.8, 4) is 23.0 Å². The fourth-order valence-electron chi connectivity index (χ4n) is 4.03. The van der Waals surface area contributed by atoms with Gasteiger partial charge in [0.25, 0.3) is 0 Å². The molecule has 2 aromatic carbocycles. The molecule has 0 saturated carbocycles. The lowest BCUT2D eigenvalue weighted by atomic mass is 9.90. The van der Waals surface area contributed by atoms with Gasteiger partial charge in [0.15, 0.2) is 23.0 Å². The highest BCUT2D eigenvalue weighted by Crippen LogP contribution is 2.51. The summed E-state index contributed by atoms with van der Waals surface area (Å²) in [5.41, 5.74) is 2.58. The number of fused-ring (bicyclic) bond motifs is 1. The lowest BCUT2D eigenvalue weighted by molar-refractivity contribution is -0.142. The van der Waals surface area contributed by atoms with E-state index < -0.39 is 18.0 Å². The van der Waals surface area contributed by atoms with E-state index in [1.807, 2.05) is 12.1 Å². The zero-order valence-corrected chi connectivity index (χ0v) is 20.5. The van der Waals surface area contributed by atoms with Gasteiger partial charge in [0.2, 0.25) is 0 Å². The molecule has 0 bridgehead atoms. The molecular weight excluding hydrogens is 456 g/mol. The summed E-state index contributed by atoms with van der Waals surface area (Å²) in [4.78, 5) is 34.1. The zero-order chi connectivity index (χ0) is 25.5. The molecule has 1 aliphatic rings. The highest BCUT2D eigenvalue weighted by Gasteiger charge is 2.39. The van der Waals surface area contributed by atoms with E-state index >= 15 is 0 Å². The SMILES string of the molecule is COc1cc([C@H]2Oc3c(OC)cc(CCCOC(C)=O)cc3[C@H]2COC(C)=O)ccc1OC(C)=O. The molecule has 2 atom stereocenters. The number of esters is 3. The van der Waals surface area contributed by atoms with Crippen LogP contribution in [0, 0.1) is 0 Å². The molecule has 0 N–H and O–H groups in total. The fourth-order valence-corrected chi connectivity index (χ4v) is 4.03. The Hall–Kier alpha value is -3.75. The smallest absolute Gasteiger partial charge is 0.308 e. The molecule has 35 heavy (non-hydrogen) atoms. The van der Waals surface area contributed by atoms with Crippen LogP contribution in [-0.2, 0) is 30.3 Å². The van der Waals surface area contributed by atoms with Gasteiger partial charge in [-0.25, -0.2) is 0 Å². The number of carbonyl (C=O) groups excluding carboxylic acids is 3. The van der Waals surface area contributed by atoms with Crippen molar-refractivity contribution in [3.05, 3.63) is 47.0 Å². The van der Waals surface area contributed by atoms with Crippen LogP contribution < -0.4 is 18.9 Å². The predicted octanol–water partition coefficient (Wildman–Crippen LogP) is 3.91. The van der Waals surface area contributed by atoms with Crippen LogP contribution in [0.25, 0.3) is 0 Å². The van der Waals surface area contributed by atoms with Gasteiger partial charge in [-0.1, -0.05) is 12.1 Å². The molecule has 2 aromatic rings. The van der Waals surface area contributed by atoms with Gasteiger partial charge in [0.05, 0.1) is 26.7 Å². The van der Waals surface area contributed by atoms with Crippen LogP contribution in [0.5, 0.6) is 23.0 Å². The molecule has 0 aromatic heterocycles. The average Bonchev–Trinajstić information content (AvgIpc) is 3.18. The maximum Gasteiger partial charge on any atom is 0.308 e. The lowest BCUT2D eigenvalue weighted by Gasteiger charge is -2.20. The molecule has 0 aliphatic carbocycles. The van der Waals surface area contributed by atoms with Crippen molar-refractivity contribution in [1.82, 2.24) is 0 Å². The van der Waals surface area contributed by atoms with Crippen LogP contribution in [0.1, 0.15) is 55.9 Å². The molecule has 1 aliphatic heterocycles. The molecule has 9 nitrogen and oxygen atoms in total. The van der Waals surface area contributed by atoms with Gasteiger partial charge < -0.3 is 28.4 Å². The van der Waals surface area contributed by atoms with Crippen LogP contribution >= 0.6 is 0 Å². The van der Waals surface area contributed by atoms with Crippen LogP contribution in [0.15, 0.2) is 30.3 Å². The van der Waals surface area contributed by atoms with Gasteiger partial charge >= 0.3 is 17.9 Å².